The van der Waals surface area contributed by atoms with Crippen molar-refractivity contribution in [2.75, 3.05) is 26.2 Å². The average molecular weight is 302 g/mol. The Kier molecular flexibility index (Phi) is 5.27. The fourth-order valence-electron chi connectivity index (χ4n) is 3.52. The molecule has 1 N–H and O–H groups in total. The molecule has 0 aromatic carbocycles. The zero-order chi connectivity index (χ0) is 15.2. The minimum absolute atomic E-state index is 0.0361. The van der Waals surface area contributed by atoms with E-state index < -0.39 is 0 Å². The lowest BCUT2D eigenvalue weighted by atomic mass is 9.94. The first kappa shape index (κ1) is 15.3. The summed E-state index contributed by atoms with van der Waals surface area (Å²) in [6.07, 6.45) is 8.57. The van der Waals surface area contributed by atoms with Gasteiger partial charge in [-0.25, -0.2) is 4.79 Å². The molecule has 0 radical (unpaired) electrons. The van der Waals surface area contributed by atoms with Crippen molar-refractivity contribution >= 4 is 6.03 Å². The normalized spacial score (nSPS) is 20.8. The number of urea groups is 1. The lowest BCUT2D eigenvalue weighted by Crippen LogP contribution is -2.54. The monoisotopic (exact) mass is 302 g/mol. The summed E-state index contributed by atoms with van der Waals surface area (Å²) in [4.78, 5) is 21.0. The Morgan fingerprint density at radius 3 is 2.59 bits per heavy atom. The van der Waals surface area contributed by atoms with Gasteiger partial charge in [-0.15, -0.1) is 0 Å². The van der Waals surface area contributed by atoms with Crippen LogP contribution in [0.4, 0.5) is 4.79 Å². The summed E-state index contributed by atoms with van der Waals surface area (Å²) < 4.78 is 0. The number of aromatic nitrogens is 1. The van der Waals surface area contributed by atoms with Gasteiger partial charge in [0.2, 0.25) is 0 Å². The second-order valence-corrected chi connectivity index (χ2v) is 6.29. The maximum Gasteiger partial charge on any atom is 0.317 e. The number of carbonyl (C=O) groups excluding carboxylic acids is 1. The highest BCUT2D eigenvalue weighted by Crippen LogP contribution is 2.23. The molecule has 2 amide bonds. The maximum absolute atomic E-state index is 12.2. The zero-order valence-electron chi connectivity index (χ0n) is 13.2. The first-order chi connectivity index (χ1) is 10.8. The van der Waals surface area contributed by atoms with Gasteiger partial charge in [-0.3, -0.25) is 9.88 Å². The highest BCUT2D eigenvalue weighted by atomic mass is 16.2. The van der Waals surface area contributed by atoms with E-state index in [1.807, 2.05) is 23.1 Å². The Morgan fingerprint density at radius 2 is 1.91 bits per heavy atom. The van der Waals surface area contributed by atoms with Gasteiger partial charge in [-0.2, -0.15) is 0 Å². The summed E-state index contributed by atoms with van der Waals surface area (Å²) >= 11 is 0. The molecule has 3 rings (SSSR count). The molecule has 5 nitrogen and oxygen atoms in total. The molecule has 1 aliphatic carbocycles. The molecule has 0 spiro atoms. The van der Waals surface area contributed by atoms with Crippen LogP contribution in [0.5, 0.6) is 0 Å². The SMILES string of the molecule is O=C(NCc1ccccn1)N1CCN(C2CCCCC2)CC1. The third-order valence-electron chi connectivity index (χ3n) is 4.84. The predicted molar refractivity (Wildman–Crippen MR) is 86.5 cm³/mol. The first-order valence-electron chi connectivity index (χ1n) is 8.49. The molecule has 0 atom stereocenters. The third kappa shape index (κ3) is 3.97. The molecule has 5 heteroatoms. The molecule has 1 aromatic heterocycles. The summed E-state index contributed by atoms with van der Waals surface area (Å²) in [7, 11) is 0. The van der Waals surface area contributed by atoms with Crippen LogP contribution in [0, 0.1) is 0 Å². The van der Waals surface area contributed by atoms with Crippen LogP contribution < -0.4 is 5.32 Å². The van der Waals surface area contributed by atoms with Crippen LogP contribution in [0.1, 0.15) is 37.8 Å². The van der Waals surface area contributed by atoms with Crippen LogP contribution in [0.2, 0.25) is 0 Å². The summed E-state index contributed by atoms with van der Waals surface area (Å²) in [6, 6.07) is 6.55. The van der Waals surface area contributed by atoms with E-state index in [-0.39, 0.29) is 6.03 Å². The number of nitrogens with zero attached hydrogens (tertiary/aromatic N) is 3. The van der Waals surface area contributed by atoms with Crippen molar-refractivity contribution in [2.45, 2.75) is 44.7 Å². The number of hydrogen-bond donors (Lipinski definition) is 1. The molecule has 1 saturated carbocycles. The lowest BCUT2D eigenvalue weighted by Gasteiger charge is -2.40. The van der Waals surface area contributed by atoms with Crippen molar-refractivity contribution in [1.29, 1.82) is 0 Å². The van der Waals surface area contributed by atoms with Gasteiger partial charge in [0.05, 0.1) is 12.2 Å². The van der Waals surface area contributed by atoms with Crippen molar-refractivity contribution in [3.8, 4) is 0 Å². The van der Waals surface area contributed by atoms with Crippen LogP contribution >= 0.6 is 0 Å². The van der Waals surface area contributed by atoms with Crippen molar-refractivity contribution in [3.63, 3.8) is 0 Å². The minimum atomic E-state index is 0.0361. The lowest BCUT2D eigenvalue weighted by molar-refractivity contribution is 0.0905. The fourth-order valence-corrected chi connectivity index (χ4v) is 3.52. The minimum Gasteiger partial charge on any atom is -0.332 e. The largest absolute Gasteiger partial charge is 0.332 e. The average Bonchev–Trinajstić information content (AvgIpc) is 2.61. The maximum atomic E-state index is 12.2. The van der Waals surface area contributed by atoms with E-state index in [4.69, 9.17) is 0 Å². The highest BCUT2D eigenvalue weighted by molar-refractivity contribution is 5.74. The number of rotatable bonds is 3. The number of amides is 2. The van der Waals surface area contributed by atoms with E-state index in [9.17, 15) is 4.79 Å². The number of pyridine rings is 1. The molecular weight excluding hydrogens is 276 g/mol. The Balaban J connectivity index is 1.41. The quantitative estimate of drug-likeness (QED) is 0.931. The Hall–Kier alpha value is -1.62. The zero-order valence-corrected chi connectivity index (χ0v) is 13.2. The van der Waals surface area contributed by atoms with Crippen LogP contribution in [-0.2, 0) is 6.54 Å². The first-order valence-corrected chi connectivity index (χ1v) is 8.49. The Labute approximate surface area is 132 Å². The summed E-state index contributed by atoms with van der Waals surface area (Å²) in [5.74, 6) is 0. The van der Waals surface area contributed by atoms with Gasteiger partial charge in [-0.05, 0) is 25.0 Å². The van der Waals surface area contributed by atoms with Gasteiger partial charge in [0.1, 0.15) is 0 Å². The van der Waals surface area contributed by atoms with Crippen LogP contribution in [-0.4, -0.2) is 53.0 Å². The molecule has 0 unspecified atom stereocenters. The number of hydrogen-bond acceptors (Lipinski definition) is 3. The Morgan fingerprint density at radius 1 is 1.14 bits per heavy atom. The van der Waals surface area contributed by atoms with E-state index in [1.54, 1.807) is 6.20 Å². The summed E-state index contributed by atoms with van der Waals surface area (Å²) in [5.41, 5.74) is 0.900. The van der Waals surface area contributed by atoms with Crippen LogP contribution in [0.15, 0.2) is 24.4 Å². The van der Waals surface area contributed by atoms with Gasteiger partial charge in [-0.1, -0.05) is 25.3 Å². The molecule has 1 aromatic rings. The number of piperazine rings is 1. The molecule has 2 fully saturated rings. The standard InChI is InChI=1S/C17H26N4O/c22-17(19-14-15-6-4-5-9-18-15)21-12-10-20(11-13-21)16-7-2-1-3-8-16/h4-6,9,16H,1-3,7-8,10-14H2,(H,19,22). The predicted octanol–water partition coefficient (Wildman–Crippen LogP) is 2.24. The molecule has 2 aliphatic rings. The molecular formula is C17H26N4O. The van der Waals surface area contributed by atoms with Crippen LogP contribution in [0.3, 0.4) is 0 Å². The van der Waals surface area contributed by atoms with Crippen molar-refractivity contribution < 1.29 is 4.79 Å². The summed E-state index contributed by atoms with van der Waals surface area (Å²) in [6.45, 7) is 4.21. The van der Waals surface area contributed by atoms with E-state index >= 15 is 0 Å². The van der Waals surface area contributed by atoms with Crippen molar-refractivity contribution in [3.05, 3.63) is 30.1 Å². The van der Waals surface area contributed by atoms with E-state index in [0.29, 0.717) is 6.54 Å². The Bertz CT molecular complexity index is 465. The van der Waals surface area contributed by atoms with Crippen molar-refractivity contribution in [1.82, 2.24) is 20.1 Å². The smallest absolute Gasteiger partial charge is 0.317 e. The highest BCUT2D eigenvalue weighted by Gasteiger charge is 2.26. The fraction of sp³-hybridized carbons (Fsp3) is 0.647. The molecule has 2 heterocycles. The third-order valence-corrected chi connectivity index (χ3v) is 4.84. The van der Waals surface area contributed by atoms with Gasteiger partial charge >= 0.3 is 6.03 Å². The molecule has 22 heavy (non-hydrogen) atoms. The topological polar surface area (TPSA) is 48.5 Å². The van der Waals surface area contributed by atoms with E-state index in [1.165, 1.54) is 32.1 Å². The second kappa shape index (κ2) is 7.58. The molecule has 1 saturated heterocycles. The molecule has 120 valence electrons. The second-order valence-electron chi connectivity index (χ2n) is 6.29. The van der Waals surface area contributed by atoms with Gasteiger partial charge in [0.15, 0.2) is 0 Å². The van der Waals surface area contributed by atoms with Crippen molar-refractivity contribution in [2.24, 2.45) is 0 Å². The molecule has 1 aliphatic heterocycles. The number of carbonyl (C=O) groups is 1. The van der Waals surface area contributed by atoms with Gasteiger partial charge in [0, 0.05) is 38.4 Å². The van der Waals surface area contributed by atoms with E-state index in [0.717, 1.165) is 37.9 Å². The van der Waals surface area contributed by atoms with E-state index in [2.05, 4.69) is 15.2 Å². The summed E-state index contributed by atoms with van der Waals surface area (Å²) in [5, 5.41) is 2.97. The van der Waals surface area contributed by atoms with Gasteiger partial charge < -0.3 is 10.2 Å². The van der Waals surface area contributed by atoms with Crippen LogP contribution in [0.25, 0.3) is 0 Å². The molecule has 0 bridgehead atoms. The number of nitrogens with one attached hydrogen (secondary N) is 1. The van der Waals surface area contributed by atoms with Gasteiger partial charge in [0.25, 0.3) is 0 Å².